The van der Waals surface area contributed by atoms with Crippen LogP contribution in [0.3, 0.4) is 0 Å². The van der Waals surface area contributed by atoms with Crippen LogP contribution in [0.4, 0.5) is 4.39 Å². The van der Waals surface area contributed by atoms with Crippen LogP contribution in [0.1, 0.15) is 26.7 Å². The van der Waals surface area contributed by atoms with E-state index in [4.69, 9.17) is 4.55 Å². The van der Waals surface area contributed by atoms with E-state index < -0.39 is 27.3 Å². The van der Waals surface area contributed by atoms with Crippen molar-refractivity contribution in [3.05, 3.63) is 0 Å². The third-order valence-corrected chi connectivity index (χ3v) is 2.82. The van der Waals surface area contributed by atoms with Crippen LogP contribution in [0.25, 0.3) is 0 Å². The van der Waals surface area contributed by atoms with Crippen LogP contribution in [0, 0.1) is 0 Å². The molecule has 0 amide bonds. The quantitative estimate of drug-likeness (QED) is 0.682. The largest absolute Gasteiger partial charge is 0.307 e. The lowest BCUT2D eigenvalue weighted by atomic mass is 10.1. The molecule has 0 bridgehead atoms. The highest BCUT2D eigenvalue weighted by atomic mass is 32.2. The number of hydrogen-bond acceptors (Lipinski definition) is 3. The number of alkyl halides is 1. The molecule has 0 aliphatic carbocycles. The summed E-state index contributed by atoms with van der Waals surface area (Å²) >= 11 is 0. The minimum absolute atomic E-state index is 0.163. The van der Waals surface area contributed by atoms with Gasteiger partial charge in [-0.25, -0.2) is 4.39 Å². The molecule has 12 heavy (non-hydrogen) atoms. The van der Waals surface area contributed by atoms with Gasteiger partial charge in [0, 0.05) is 6.42 Å². The Balaban J connectivity index is 5.02. The molecule has 0 aromatic carbocycles. The first kappa shape index (κ1) is 11.5. The summed E-state index contributed by atoms with van der Waals surface area (Å²) in [5, 5.41) is -3.12. The summed E-state index contributed by atoms with van der Waals surface area (Å²) in [4.78, 5) is 10.6. The van der Waals surface area contributed by atoms with E-state index in [2.05, 4.69) is 0 Å². The highest BCUT2D eigenvalue weighted by Crippen LogP contribution is 2.25. The molecule has 0 fully saturated rings. The third kappa shape index (κ3) is 2.01. The van der Waals surface area contributed by atoms with Crippen molar-refractivity contribution < 1.29 is 22.2 Å². The van der Waals surface area contributed by atoms with Gasteiger partial charge in [-0.1, -0.05) is 13.3 Å². The molecule has 0 radical (unpaired) electrons. The molecular formula is C6H11FO4S. The molecule has 1 N–H and O–H groups in total. The fraction of sp³-hybridized carbons (Fsp3) is 0.833. The van der Waals surface area contributed by atoms with Crippen LogP contribution in [-0.2, 0) is 14.9 Å². The van der Waals surface area contributed by atoms with Crippen molar-refractivity contribution in [3.8, 4) is 0 Å². The molecule has 6 heteroatoms. The number of carbonyl (C=O) groups is 1. The zero-order valence-electron chi connectivity index (χ0n) is 6.87. The lowest BCUT2D eigenvalue weighted by Crippen LogP contribution is -2.40. The predicted molar refractivity (Wildman–Crippen MR) is 41.0 cm³/mol. The number of rotatable bonds is 4. The lowest BCUT2D eigenvalue weighted by molar-refractivity contribution is -0.124. The average Bonchev–Trinajstić information content (AvgIpc) is 1.85. The minimum atomic E-state index is -4.94. The van der Waals surface area contributed by atoms with Gasteiger partial charge in [0.1, 0.15) is 0 Å². The van der Waals surface area contributed by atoms with Gasteiger partial charge >= 0.3 is 10.1 Å². The van der Waals surface area contributed by atoms with Gasteiger partial charge in [-0.3, -0.25) is 9.35 Å². The number of hydrogen-bond donors (Lipinski definition) is 1. The second-order valence-corrected chi connectivity index (χ2v) is 4.11. The second kappa shape index (κ2) is 3.49. The minimum Gasteiger partial charge on any atom is -0.295 e. The smallest absolute Gasteiger partial charge is 0.295 e. The van der Waals surface area contributed by atoms with Gasteiger partial charge in [0.05, 0.1) is 0 Å². The Morgan fingerprint density at radius 3 is 2.08 bits per heavy atom. The molecule has 4 nitrogen and oxygen atoms in total. The highest BCUT2D eigenvalue weighted by molar-refractivity contribution is 7.87. The van der Waals surface area contributed by atoms with Crippen molar-refractivity contribution in [1.29, 1.82) is 0 Å². The maximum Gasteiger partial charge on any atom is 0.307 e. The van der Waals surface area contributed by atoms with Gasteiger partial charge in [0.25, 0.3) is 5.00 Å². The fourth-order valence-electron chi connectivity index (χ4n) is 0.808. The van der Waals surface area contributed by atoms with Gasteiger partial charge in [0.2, 0.25) is 0 Å². The molecule has 1 unspecified atom stereocenters. The van der Waals surface area contributed by atoms with Crippen LogP contribution < -0.4 is 0 Å². The van der Waals surface area contributed by atoms with Crippen LogP contribution in [0.15, 0.2) is 0 Å². The molecule has 0 aromatic rings. The maximum absolute atomic E-state index is 13.2. The van der Waals surface area contributed by atoms with Crippen molar-refractivity contribution in [2.45, 2.75) is 31.7 Å². The average molecular weight is 198 g/mol. The Bertz CT molecular complexity index is 271. The van der Waals surface area contributed by atoms with Gasteiger partial charge in [0.15, 0.2) is 5.78 Å². The summed E-state index contributed by atoms with van der Waals surface area (Å²) < 4.78 is 42.5. The van der Waals surface area contributed by atoms with Crippen molar-refractivity contribution in [2.24, 2.45) is 0 Å². The summed E-state index contributed by atoms with van der Waals surface area (Å²) in [6, 6.07) is 0. The molecule has 0 rings (SSSR count). The first-order chi connectivity index (χ1) is 5.25. The lowest BCUT2D eigenvalue weighted by Gasteiger charge is -2.17. The first-order valence-corrected chi connectivity index (χ1v) is 4.86. The Morgan fingerprint density at radius 1 is 1.58 bits per heavy atom. The maximum atomic E-state index is 13.2. The van der Waals surface area contributed by atoms with E-state index in [1.807, 2.05) is 0 Å². The zero-order valence-corrected chi connectivity index (χ0v) is 7.69. The third-order valence-electron chi connectivity index (χ3n) is 1.51. The van der Waals surface area contributed by atoms with Crippen LogP contribution in [0.2, 0.25) is 0 Å². The topological polar surface area (TPSA) is 71.4 Å². The van der Waals surface area contributed by atoms with Crippen molar-refractivity contribution in [1.82, 2.24) is 0 Å². The number of Topliss-reactive ketones (excluding diaryl/α,β-unsaturated/α-hetero) is 1. The molecule has 0 saturated carbocycles. The molecule has 0 saturated heterocycles. The number of carbonyl (C=O) groups excluding carboxylic acids is 1. The molecule has 0 spiro atoms. The molecular weight excluding hydrogens is 187 g/mol. The van der Waals surface area contributed by atoms with E-state index in [9.17, 15) is 17.6 Å². The molecule has 72 valence electrons. The van der Waals surface area contributed by atoms with E-state index in [0.717, 1.165) is 6.92 Å². The Hall–Kier alpha value is -0.490. The normalized spacial score (nSPS) is 17.0. The molecule has 1 atom stereocenters. The molecule has 0 aliphatic heterocycles. The summed E-state index contributed by atoms with van der Waals surface area (Å²) in [6.07, 6.45) is -0.350. The van der Waals surface area contributed by atoms with Gasteiger partial charge in [-0.15, -0.1) is 0 Å². The highest BCUT2D eigenvalue weighted by Gasteiger charge is 2.47. The van der Waals surface area contributed by atoms with E-state index in [0.29, 0.717) is 0 Å². The van der Waals surface area contributed by atoms with Crippen molar-refractivity contribution >= 4 is 15.9 Å². The summed E-state index contributed by atoms with van der Waals surface area (Å²) in [5.74, 6) is -1.19. The SMILES string of the molecule is CCCC(F)(C(C)=O)S(=O)(=O)O. The van der Waals surface area contributed by atoms with E-state index in [-0.39, 0.29) is 6.42 Å². The second-order valence-electron chi connectivity index (χ2n) is 2.51. The van der Waals surface area contributed by atoms with Crippen LogP contribution in [0.5, 0.6) is 0 Å². The Morgan fingerprint density at radius 2 is 2.00 bits per heavy atom. The van der Waals surface area contributed by atoms with Crippen molar-refractivity contribution in [2.75, 3.05) is 0 Å². The monoisotopic (exact) mass is 198 g/mol. The Labute approximate surface area is 70.5 Å². The molecule has 0 aromatic heterocycles. The number of halogens is 1. The zero-order chi connectivity index (χ0) is 9.99. The predicted octanol–water partition coefficient (Wildman–Crippen LogP) is 0.929. The molecule has 0 aliphatic rings. The Kier molecular flexibility index (Phi) is 3.34. The summed E-state index contributed by atoms with van der Waals surface area (Å²) in [7, 11) is -4.94. The fourth-order valence-corrected chi connectivity index (χ4v) is 1.63. The van der Waals surface area contributed by atoms with Crippen LogP contribution >= 0.6 is 0 Å². The van der Waals surface area contributed by atoms with Gasteiger partial charge in [-0.2, -0.15) is 8.42 Å². The standard InChI is InChI=1S/C6H11FO4S/c1-3-4-6(7,5(2)8)12(9,10)11/h3-4H2,1-2H3,(H,9,10,11). The first-order valence-electron chi connectivity index (χ1n) is 3.42. The van der Waals surface area contributed by atoms with E-state index in [1.165, 1.54) is 6.92 Å². The summed E-state index contributed by atoms with van der Waals surface area (Å²) in [6.45, 7) is 2.31. The van der Waals surface area contributed by atoms with Gasteiger partial charge in [-0.05, 0) is 6.92 Å². The summed E-state index contributed by atoms with van der Waals surface area (Å²) in [5.41, 5.74) is 0. The molecule has 0 heterocycles. The van der Waals surface area contributed by atoms with Crippen LogP contribution in [-0.4, -0.2) is 23.8 Å². The van der Waals surface area contributed by atoms with Gasteiger partial charge < -0.3 is 0 Å². The van der Waals surface area contributed by atoms with E-state index >= 15 is 0 Å². The van der Waals surface area contributed by atoms with E-state index in [1.54, 1.807) is 0 Å². The number of ketones is 1. The van der Waals surface area contributed by atoms with Crippen molar-refractivity contribution in [3.63, 3.8) is 0 Å².